The lowest BCUT2D eigenvalue weighted by molar-refractivity contribution is 0.190. The summed E-state index contributed by atoms with van der Waals surface area (Å²) in [4.78, 5) is 14.7. The van der Waals surface area contributed by atoms with Gasteiger partial charge in [-0.3, -0.25) is 4.90 Å². The van der Waals surface area contributed by atoms with E-state index in [9.17, 15) is 9.90 Å². The molecule has 6 heteroatoms. The molecule has 0 atom stereocenters. The number of nitrogens with one attached hydrogen (secondary N) is 1. The summed E-state index contributed by atoms with van der Waals surface area (Å²) in [7, 11) is 0. The van der Waals surface area contributed by atoms with Gasteiger partial charge in [0.05, 0.1) is 10.6 Å². The van der Waals surface area contributed by atoms with Crippen molar-refractivity contribution in [2.24, 2.45) is 0 Å². The number of likely N-dealkylation sites (tertiary alicyclic amines) is 1. The topological polar surface area (TPSA) is 65.7 Å². The van der Waals surface area contributed by atoms with Gasteiger partial charge >= 0.3 is 5.63 Å². The summed E-state index contributed by atoms with van der Waals surface area (Å²) in [5.74, 6) is -0.0235. The van der Waals surface area contributed by atoms with Crippen molar-refractivity contribution in [1.29, 1.82) is 0 Å². The smallest absolute Gasteiger partial charge is 0.339 e. The summed E-state index contributed by atoms with van der Waals surface area (Å²) in [6.45, 7) is 7.02. The van der Waals surface area contributed by atoms with Crippen LogP contribution in [0, 0.1) is 13.8 Å². The number of hydrogen-bond donors (Lipinski definition) is 2. The second-order valence-corrected chi connectivity index (χ2v) is 8.53. The zero-order valence-electron chi connectivity index (χ0n) is 17.4. The van der Waals surface area contributed by atoms with E-state index in [0.717, 1.165) is 43.4 Å². The van der Waals surface area contributed by atoms with Crippen LogP contribution in [-0.4, -0.2) is 29.1 Å². The molecular formula is C24H27ClN2O3. The van der Waals surface area contributed by atoms with Gasteiger partial charge < -0.3 is 14.8 Å². The monoisotopic (exact) mass is 426 g/mol. The van der Waals surface area contributed by atoms with E-state index in [1.165, 1.54) is 5.56 Å². The van der Waals surface area contributed by atoms with Gasteiger partial charge in [-0.15, -0.1) is 0 Å². The van der Waals surface area contributed by atoms with E-state index in [1.54, 1.807) is 13.0 Å². The molecule has 0 saturated carbocycles. The van der Waals surface area contributed by atoms with Crippen LogP contribution in [0.2, 0.25) is 5.02 Å². The molecule has 158 valence electrons. The maximum Gasteiger partial charge on any atom is 0.339 e. The fourth-order valence-electron chi connectivity index (χ4n) is 4.14. The number of piperidine rings is 1. The van der Waals surface area contributed by atoms with Crippen LogP contribution in [0.4, 0.5) is 0 Å². The van der Waals surface area contributed by atoms with Gasteiger partial charge in [0.2, 0.25) is 0 Å². The molecule has 3 aromatic rings. The quantitative estimate of drug-likeness (QED) is 0.587. The van der Waals surface area contributed by atoms with Gasteiger partial charge in [0.1, 0.15) is 11.3 Å². The van der Waals surface area contributed by atoms with Gasteiger partial charge in [-0.25, -0.2) is 4.79 Å². The van der Waals surface area contributed by atoms with Gasteiger partial charge in [-0.2, -0.15) is 0 Å². The van der Waals surface area contributed by atoms with Gasteiger partial charge in [-0.1, -0.05) is 41.9 Å². The highest BCUT2D eigenvalue weighted by atomic mass is 35.5. The minimum Gasteiger partial charge on any atom is -0.506 e. The van der Waals surface area contributed by atoms with Crippen molar-refractivity contribution in [2.45, 2.75) is 45.8 Å². The number of benzene rings is 2. The van der Waals surface area contributed by atoms with Crippen molar-refractivity contribution >= 4 is 22.6 Å². The van der Waals surface area contributed by atoms with E-state index in [4.69, 9.17) is 16.0 Å². The van der Waals surface area contributed by atoms with Crippen molar-refractivity contribution in [1.82, 2.24) is 10.2 Å². The van der Waals surface area contributed by atoms with Crippen LogP contribution in [-0.2, 0) is 13.1 Å². The number of halogens is 1. The fraction of sp³-hybridized carbons (Fsp3) is 0.375. The van der Waals surface area contributed by atoms with Crippen molar-refractivity contribution in [3.05, 3.63) is 74.1 Å². The lowest BCUT2D eigenvalue weighted by Gasteiger charge is -2.32. The highest BCUT2D eigenvalue weighted by Gasteiger charge is 2.22. The third-order valence-corrected chi connectivity index (χ3v) is 6.46. The lowest BCUT2D eigenvalue weighted by atomic mass is 10.0. The third kappa shape index (κ3) is 4.24. The molecular weight excluding hydrogens is 400 g/mol. The molecule has 2 heterocycles. The molecule has 0 bridgehead atoms. The Bertz CT molecular complexity index is 1100. The van der Waals surface area contributed by atoms with Crippen LogP contribution >= 0.6 is 11.6 Å². The van der Waals surface area contributed by atoms with E-state index < -0.39 is 0 Å². The molecule has 1 aliphatic rings. The first-order chi connectivity index (χ1) is 14.4. The van der Waals surface area contributed by atoms with E-state index >= 15 is 0 Å². The minimum atomic E-state index is -0.378. The first-order valence-electron chi connectivity index (χ1n) is 10.4. The third-order valence-electron chi connectivity index (χ3n) is 6.17. The largest absolute Gasteiger partial charge is 0.506 e. The normalized spacial score (nSPS) is 15.7. The van der Waals surface area contributed by atoms with Crippen molar-refractivity contribution in [2.75, 3.05) is 13.1 Å². The fourth-order valence-corrected chi connectivity index (χ4v) is 4.36. The number of phenols is 1. The second kappa shape index (κ2) is 8.80. The molecule has 1 aromatic heterocycles. The molecule has 0 aliphatic carbocycles. The molecule has 30 heavy (non-hydrogen) atoms. The molecule has 1 fully saturated rings. The average molecular weight is 427 g/mol. The molecule has 1 aliphatic heterocycles. The summed E-state index contributed by atoms with van der Waals surface area (Å²) in [5.41, 5.74) is 3.31. The number of aromatic hydroxyl groups is 1. The summed E-state index contributed by atoms with van der Waals surface area (Å²) in [6.07, 6.45) is 2.04. The van der Waals surface area contributed by atoms with Crippen molar-refractivity contribution in [3.63, 3.8) is 0 Å². The van der Waals surface area contributed by atoms with Crippen molar-refractivity contribution < 1.29 is 9.52 Å². The van der Waals surface area contributed by atoms with Crippen molar-refractivity contribution in [3.8, 4) is 5.75 Å². The van der Waals surface area contributed by atoms with Crippen LogP contribution in [0.25, 0.3) is 11.0 Å². The highest BCUT2D eigenvalue weighted by Crippen LogP contribution is 2.36. The Labute approximate surface area is 181 Å². The zero-order valence-corrected chi connectivity index (χ0v) is 18.1. The summed E-state index contributed by atoms with van der Waals surface area (Å²) in [5, 5.41) is 15.1. The van der Waals surface area contributed by atoms with Crippen LogP contribution in [0.15, 0.2) is 45.6 Å². The molecule has 5 nitrogen and oxygen atoms in total. The first kappa shape index (κ1) is 20.9. The summed E-state index contributed by atoms with van der Waals surface area (Å²) >= 11 is 6.27. The molecule has 0 radical (unpaired) electrons. The maximum atomic E-state index is 12.2. The van der Waals surface area contributed by atoms with E-state index in [-0.39, 0.29) is 16.4 Å². The number of fused-ring (bicyclic) bond motifs is 1. The molecule has 4 rings (SSSR count). The Morgan fingerprint density at radius 1 is 1.17 bits per heavy atom. The standard InChI is InChI=1S/C24H27ClN2O3/c1-15-16(2)24(29)30-23-19(15)12-21(25)22(28)20(23)13-26-18-8-10-27(11-9-18)14-17-6-4-3-5-7-17/h3-7,12,18,26,28H,8-11,13-14H2,1-2H3. The number of hydrogen-bond acceptors (Lipinski definition) is 5. The Morgan fingerprint density at radius 3 is 2.57 bits per heavy atom. The maximum absolute atomic E-state index is 12.2. The Balaban J connectivity index is 1.45. The molecule has 2 N–H and O–H groups in total. The van der Waals surface area contributed by atoms with Gasteiger partial charge in [0, 0.05) is 30.1 Å². The molecule has 0 unspecified atom stereocenters. The Hall–Kier alpha value is -2.34. The van der Waals surface area contributed by atoms with E-state index in [1.807, 2.05) is 13.0 Å². The van der Waals surface area contributed by atoms with Gasteiger partial charge in [0.15, 0.2) is 0 Å². The molecule has 0 spiro atoms. The Morgan fingerprint density at radius 2 is 1.87 bits per heavy atom. The predicted octanol–water partition coefficient (Wildman–Crippen LogP) is 4.52. The summed E-state index contributed by atoms with van der Waals surface area (Å²) < 4.78 is 5.54. The average Bonchev–Trinajstić information content (AvgIpc) is 2.75. The number of phenolic OH excluding ortho intramolecular Hbond substituents is 1. The lowest BCUT2D eigenvalue weighted by Crippen LogP contribution is -2.41. The SMILES string of the molecule is Cc1c(C)c2cc(Cl)c(O)c(CNC3CCN(Cc4ccccc4)CC3)c2oc1=O. The van der Waals surface area contributed by atoms with Crippen LogP contribution in [0.5, 0.6) is 5.75 Å². The van der Waals surface area contributed by atoms with Crippen LogP contribution in [0.1, 0.15) is 35.1 Å². The first-order valence-corrected chi connectivity index (χ1v) is 10.8. The zero-order chi connectivity index (χ0) is 21.3. The molecule has 2 aromatic carbocycles. The summed E-state index contributed by atoms with van der Waals surface area (Å²) in [6, 6.07) is 12.5. The molecule has 1 saturated heterocycles. The molecule has 0 amide bonds. The highest BCUT2D eigenvalue weighted by molar-refractivity contribution is 6.33. The predicted molar refractivity (Wildman–Crippen MR) is 120 cm³/mol. The number of aryl methyl sites for hydroxylation is 1. The van der Waals surface area contributed by atoms with Crippen LogP contribution in [0.3, 0.4) is 0 Å². The second-order valence-electron chi connectivity index (χ2n) is 8.12. The van der Waals surface area contributed by atoms with E-state index in [2.05, 4.69) is 34.5 Å². The number of nitrogens with zero attached hydrogens (tertiary/aromatic N) is 1. The Kier molecular flexibility index (Phi) is 6.14. The van der Waals surface area contributed by atoms with E-state index in [0.29, 0.717) is 29.3 Å². The number of rotatable bonds is 5. The van der Waals surface area contributed by atoms with Gasteiger partial charge in [-0.05, 0) is 57.0 Å². The minimum absolute atomic E-state index is 0.0235. The van der Waals surface area contributed by atoms with Gasteiger partial charge in [0.25, 0.3) is 0 Å². The van der Waals surface area contributed by atoms with Crippen LogP contribution < -0.4 is 10.9 Å².